The number of nitrogens with zero attached hydrogens (tertiary/aromatic N) is 1. The monoisotopic (exact) mass is 105 g/mol. The van der Waals surface area contributed by atoms with Gasteiger partial charge >= 0.3 is 0 Å². The molecule has 40 valence electrons. The van der Waals surface area contributed by atoms with Crippen molar-refractivity contribution in [2.24, 2.45) is 0 Å². The minimum absolute atomic E-state index is 0.881. The Labute approximate surface area is 49.3 Å². The van der Waals surface area contributed by atoms with Crippen LogP contribution in [0.5, 0.6) is 0 Å². The molecule has 8 heavy (non-hydrogen) atoms. The molecule has 0 unspecified atom stereocenters. The van der Waals surface area contributed by atoms with Crippen LogP contribution in [0.15, 0.2) is 30.0 Å². The zero-order chi connectivity index (χ0) is 6.41. The summed E-state index contributed by atoms with van der Waals surface area (Å²) in [5.41, 5.74) is 3.58. The summed E-state index contributed by atoms with van der Waals surface area (Å²) in [6.07, 6.45) is 2.95. The van der Waals surface area contributed by atoms with Gasteiger partial charge in [0.05, 0.1) is 12.1 Å². The number of hydrogen-bond donors (Lipinski definition) is 0. The van der Waals surface area contributed by atoms with E-state index in [1.54, 1.807) is 6.08 Å². The fraction of sp³-hybridized carbons (Fsp3) is 0.143. The molecule has 0 aromatic heterocycles. The van der Waals surface area contributed by atoms with Crippen LogP contribution < -0.4 is 0 Å². The van der Waals surface area contributed by atoms with Crippen LogP contribution in [0.3, 0.4) is 0 Å². The van der Waals surface area contributed by atoms with Crippen molar-refractivity contribution in [1.29, 1.82) is 5.26 Å². The molecule has 0 bridgehead atoms. The molecule has 0 rings (SSSR count). The van der Waals surface area contributed by atoms with Crippen LogP contribution in [0.1, 0.15) is 6.92 Å². The molecule has 0 aromatic carbocycles. The highest BCUT2D eigenvalue weighted by Gasteiger charge is 1.68. The highest BCUT2D eigenvalue weighted by atomic mass is 14.2. The number of rotatable bonds is 1. The van der Waals surface area contributed by atoms with Gasteiger partial charge in [-0.3, -0.25) is 0 Å². The molecule has 0 heterocycles. The van der Waals surface area contributed by atoms with Gasteiger partial charge in [0, 0.05) is 0 Å². The van der Waals surface area contributed by atoms with Gasteiger partial charge in [-0.2, -0.15) is 5.26 Å². The highest BCUT2D eigenvalue weighted by molar-refractivity contribution is 5.15. The molecule has 0 fully saturated rings. The van der Waals surface area contributed by atoms with E-state index in [1.165, 1.54) is 6.08 Å². The number of allylic oxidation sites excluding steroid dienone is 2. The third-order valence-electron chi connectivity index (χ3n) is 0.671. The first-order chi connectivity index (χ1) is 3.81. The number of hydrogen-bond acceptors (Lipinski definition) is 1. The van der Waals surface area contributed by atoms with E-state index in [0.29, 0.717) is 0 Å². The summed E-state index contributed by atoms with van der Waals surface area (Å²) in [5, 5.41) is 7.99. The van der Waals surface area contributed by atoms with Crippen molar-refractivity contribution in [3.63, 3.8) is 0 Å². The van der Waals surface area contributed by atoms with Gasteiger partial charge in [-0.05, 0) is 12.5 Å². The Kier molecular flexibility index (Phi) is 3.31. The zero-order valence-electron chi connectivity index (χ0n) is 4.81. The summed E-state index contributed by atoms with van der Waals surface area (Å²) in [5.74, 6) is 0. The van der Waals surface area contributed by atoms with Crippen LogP contribution in [-0.2, 0) is 0 Å². The molecule has 1 nitrogen and oxygen atoms in total. The molecule has 0 aliphatic heterocycles. The van der Waals surface area contributed by atoms with E-state index in [1.807, 2.05) is 13.0 Å². The van der Waals surface area contributed by atoms with Crippen molar-refractivity contribution >= 4 is 0 Å². The van der Waals surface area contributed by atoms with Crippen molar-refractivity contribution in [1.82, 2.24) is 0 Å². The van der Waals surface area contributed by atoms with Crippen LogP contribution in [0.4, 0.5) is 0 Å². The smallest absolute Gasteiger partial charge is 0.0996 e. The standard InChI is InChI=1S/C7H7N/c1-3-7(2)5-4-6-8/h3-4H,1H2,2H3. The van der Waals surface area contributed by atoms with Gasteiger partial charge < -0.3 is 0 Å². The van der Waals surface area contributed by atoms with Crippen molar-refractivity contribution in [3.8, 4) is 6.07 Å². The molecule has 0 N–H and O–H groups in total. The Hall–Kier alpha value is -1.25. The second-order valence-electron chi connectivity index (χ2n) is 1.30. The summed E-state index contributed by atoms with van der Waals surface area (Å²) < 4.78 is 0. The Bertz CT molecular complexity index is 175. The summed E-state index contributed by atoms with van der Waals surface area (Å²) >= 11 is 0. The first kappa shape index (κ1) is 6.75. The van der Waals surface area contributed by atoms with E-state index in [4.69, 9.17) is 5.26 Å². The van der Waals surface area contributed by atoms with E-state index >= 15 is 0 Å². The van der Waals surface area contributed by atoms with E-state index in [0.717, 1.165) is 5.57 Å². The minimum Gasteiger partial charge on any atom is -0.192 e. The van der Waals surface area contributed by atoms with Crippen molar-refractivity contribution in [2.75, 3.05) is 0 Å². The Balaban J connectivity index is 4.18. The second kappa shape index (κ2) is 3.92. The van der Waals surface area contributed by atoms with Gasteiger partial charge in [0.15, 0.2) is 0 Å². The maximum atomic E-state index is 7.99. The third kappa shape index (κ3) is 2.96. The summed E-state index contributed by atoms with van der Waals surface area (Å²) in [4.78, 5) is 0. The highest BCUT2D eigenvalue weighted by Crippen LogP contribution is 1.86. The first-order valence-electron chi connectivity index (χ1n) is 2.25. The molecule has 1 heteroatoms. The molecule has 0 amide bonds. The van der Waals surface area contributed by atoms with Crippen LogP contribution in [0.25, 0.3) is 0 Å². The fourth-order valence-electron chi connectivity index (χ4n) is 0.205. The molecule has 0 saturated heterocycles. The van der Waals surface area contributed by atoms with E-state index in [9.17, 15) is 0 Å². The van der Waals surface area contributed by atoms with Gasteiger partial charge in [0.1, 0.15) is 0 Å². The molecule has 0 radical (unpaired) electrons. The predicted molar refractivity (Wildman–Crippen MR) is 33.1 cm³/mol. The SMILES string of the molecule is C=CC(C)=C=CC#N. The summed E-state index contributed by atoms with van der Waals surface area (Å²) in [6, 6.07) is 1.83. The Morgan fingerprint density at radius 1 is 1.75 bits per heavy atom. The van der Waals surface area contributed by atoms with Crippen molar-refractivity contribution < 1.29 is 0 Å². The largest absolute Gasteiger partial charge is 0.192 e. The maximum absolute atomic E-state index is 7.99. The molecule has 0 aliphatic carbocycles. The quantitative estimate of drug-likeness (QED) is 0.283. The van der Waals surface area contributed by atoms with Crippen LogP contribution in [-0.4, -0.2) is 0 Å². The third-order valence-corrected chi connectivity index (χ3v) is 0.671. The molecule has 0 saturated carbocycles. The average Bonchev–Trinajstić information content (AvgIpc) is 1.83. The van der Waals surface area contributed by atoms with E-state index in [2.05, 4.69) is 12.3 Å². The fourth-order valence-corrected chi connectivity index (χ4v) is 0.205. The number of nitriles is 1. The molecule has 0 aromatic rings. The summed E-state index contributed by atoms with van der Waals surface area (Å²) in [7, 11) is 0. The van der Waals surface area contributed by atoms with Gasteiger partial charge in [0.2, 0.25) is 0 Å². The second-order valence-corrected chi connectivity index (χ2v) is 1.30. The lowest BCUT2D eigenvalue weighted by Gasteiger charge is -1.74. The lowest BCUT2D eigenvalue weighted by atomic mass is 10.3. The molecule has 0 spiro atoms. The van der Waals surface area contributed by atoms with Gasteiger partial charge in [0.25, 0.3) is 0 Å². The van der Waals surface area contributed by atoms with Crippen LogP contribution >= 0.6 is 0 Å². The Morgan fingerprint density at radius 3 is 2.75 bits per heavy atom. The van der Waals surface area contributed by atoms with E-state index < -0.39 is 0 Å². The predicted octanol–water partition coefficient (Wildman–Crippen LogP) is 1.80. The zero-order valence-corrected chi connectivity index (χ0v) is 4.81. The van der Waals surface area contributed by atoms with Crippen LogP contribution in [0, 0.1) is 11.3 Å². The van der Waals surface area contributed by atoms with Gasteiger partial charge in [-0.1, -0.05) is 12.7 Å². The van der Waals surface area contributed by atoms with Gasteiger partial charge in [-0.15, -0.1) is 5.73 Å². The molecular weight excluding hydrogens is 98.1 g/mol. The maximum Gasteiger partial charge on any atom is 0.0996 e. The van der Waals surface area contributed by atoms with E-state index in [-0.39, 0.29) is 0 Å². The summed E-state index contributed by atoms with van der Waals surface area (Å²) in [6.45, 7) is 5.32. The van der Waals surface area contributed by atoms with Crippen molar-refractivity contribution in [2.45, 2.75) is 6.92 Å². The normalized spacial score (nSPS) is 6.00. The topological polar surface area (TPSA) is 23.8 Å². The average molecular weight is 105 g/mol. The lowest BCUT2D eigenvalue weighted by Crippen LogP contribution is -1.56. The van der Waals surface area contributed by atoms with Crippen molar-refractivity contribution in [3.05, 3.63) is 30.0 Å². The minimum atomic E-state index is 0.881. The molecular formula is C7H7N. The Morgan fingerprint density at radius 2 is 2.38 bits per heavy atom. The molecule has 0 aliphatic rings. The molecule has 0 atom stereocenters. The lowest BCUT2D eigenvalue weighted by molar-refractivity contribution is 1.52. The first-order valence-corrected chi connectivity index (χ1v) is 2.25. The van der Waals surface area contributed by atoms with Crippen LogP contribution in [0.2, 0.25) is 0 Å². The van der Waals surface area contributed by atoms with Gasteiger partial charge in [-0.25, -0.2) is 0 Å².